The molecular weight excluding hydrogens is 236 g/mol. The minimum atomic E-state index is 0.338. The summed E-state index contributed by atoms with van der Waals surface area (Å²) in [5.41, 5.74) is 2.99. The summed E-state index contributed by atoms with van der Waals surface area (Å²) >= 11 is 0. The Bertz CT molecular complexity index is 415. The number of benzene rings is 1. The van der Waals surface area contributed by atoms with Crippen molar-refractivity contribution in [2.75, 3.05) is 33.3 Å². The summed E-state index contributed by atoms with van der Waals surface area (Å²) in [5, 5.41) is 3.20. The highest BCUT2D eigenvalue weighted by molar-refractivity contribution is 5.29. The van der Waals surface area contributed by atoms with E-state index >= 15 is 0 Å². The number of nitrogens with zero attached hydrogens (tertiary/aromatic N) is 1. The van der Waals surface area contributed by atoms with Crippen LogP contribution < -0.4 is 5.32 Å². The second-order valence-corrected chi connectivity index (χ2v) is 5.80. The Balaban J connectivity index is 1.59. The van der Waals surface area contributed by atoms with Gasteiger partial charge in [-0.1, -0.05) is 24.3 Å². The molecule has 1 unspecified atom stereocenters. The predicted molar refractivity (Wildman–Crippen MR) is 77.4 cm³/mol. The normalized spacial score (nSPS) is 24.6. The van der Waals surface area contributed by atoms with Gasteiger partial charge in [-0.3, -0.25) is 4.90 Å². The van der Waals surface area contributed by atoms with Crippen molar-refractivity contribution in [2.45, 2.75) is 31.4 Å². The Morgan fingerprint density at radius 2 is 2.26 bits per heavy atom. The van der Waals surface area contributed by atoms with Gasteiger partial charge < -0.3 is 10.1 Å². The van der Waals surface area contributed by atoms with Gasteiger partial charge in [0.2, 0.25) is 0 Å². The molecule has 1 aromatic rings. The van der Waals surface area contributed by atoms with Crippen molar-refractivity contribution in [3.05, 3.63) is 35.4 Å². The zero-order chi connectivity index (χ0) is 13.1. The third-order valence-corrected chi connectivity index (χ3v) is 4.06. The van der Waals surface area contributed by atoms with Crippen LogP contribution in [0.4, 0.5) is 0 Å². The lowest BCUT2D eigenvalue weighted by Crippen LogP contribution is -2.45. The Morgan fingerprint density at radius 1 is 1.37 bits per heavy atom. The summed E-state index contributed by atoms with van der Waals surface area (Å²) in [7, 11) is 1.99. The van der Waals surface area contributed by atoms with Crippen LogP contribution in [0, 0.1) is 0 Å². The van der Waals surface area contributed by atoms with Gasteiger partial charge >= 0.3 is 0 Å². The number of likely N-dealkylation sites (N-methyl/N-ethyl adjacent to an activating group) is 1. The van der Waals surface area contributed by atoms with Gasteiger partial charge in [0.1, 0.15) is 0 Å². The lowest BCUT2D eigenvalue weighted by molar-refractivity contribution is -0.0291. The molecule has 1 aliphatic heterocycles. The van der Waals surface area contributed by atoms with Gasteiger partial charge in [-0.25, -0.2) is 0 Å². The van der Waals surface area contributed by atoms with Crippen molar-refractivity contribution < 1.29 is 4.74 Å². The second kappa shape index (κ2) is 6.04. The Kier molecular flexibility index (Phi) is 4.16. The summed E-state index contributed by atoms with van der Waals surface area (Å²) in [4.78, 5) is 2.51. The van der Waals surface area contributed by atoms with E-state index in [1.54, 1.807) is 0 Å². The Labute approximate surface area is 115 Å². The lowest BCUT2D eigenvalue weighted by Gasteiger charge is -2.33. The maximum Gasteiger partial charge on any atom is 0.0826 e. The van der Waals surface area contributed by atoms with Gasteiger partial charge in [0.25, 0.3) is 0 Å². The highest BCUT2D eigenvalue weighted by atomic mass is 16.5. The lowest BCUT2D eigenvalue weighted by atomic mass is 10.1. The van der Waals surface area contributed by atoms with Crippen LogP contribution in [-0.2, 0) is 11.3 Å². The van der Waals surface area contributed by atoms with Crippen LogP contribution >= 0.6 is 0 Å². The predicted octanol–water partition coefficient (Wildman–Crippen LogP) is 1.98. The minimum absolute atomic E-state index is 0.338. The van der Waals surface area contributed by atoms with Crippen LogP contribution in [0.2, 0.25) is 0 Å². The van der Waals surface area contributed by atoms with E-state index in [2.05, 4.69) is 34.5 Å². The number of nitrogens with one attached hydrogen (secondary N) is 1. The molecule has 0 bridgehead atoms. The first kappa shape index (κ1) is 13.1. The van der Waals surface area contributed by atoms with Crippen molar-refractivity contribution in [3.63, 3.8) is 0 Å². The van der Waals surface area contributed by atoms with Crippen LogP contribution in [0.3, 0.4) is 0 Å². The monoisotopic (exact) mass is 260 g/mol. The van der Waals surface area contributed by atoms with Gasteiger partial charge in [0, 0.05) is 26.2 Å². The van der Waals surface area contributed by atoms with Crippen molar-refractivity contribution >= 4 is 0 Å². The van der Waals surface area contributed by atoms with E-state index in [9.17, 15) is 0 Å². The molecule has 19 heavy (non-hydrogen) atoms. The molecule has 0 amide bonds. The zero-order valence-corrected chi connectivity index (χ0v) is 11.8. The largest absolute Gasteiger partial charge is 0.374 e. The highest BCUT2D eigenvalue weighted by Crippen LogP contribution is 2.40. The molecule has 1 saturated carbocycles. The van der Waals surface area contributed by atoms with Gasteiger partial charge in [-0.05, 0) is 36.9 Å². The Morgan fingerprint density at radius 3 is 3.05 bits per heavy atom. The SMILES string of the molecule is CNCC1CN(Cc2cccc(C3CC3)c2)CCO1. The summed E-state index contributed by atoms with van der Waals surface area (Å²) < 4.78 is 5.75. The van der Waals surface area contributed by atoms with E-state index in [1.807, 2.05) is 7.05 Å². The molecule has 1 heterocycles. The standard InChI is InChI=1S/C16H24N2O/c1-17-10-16-12-18(7-8-19-16)11-13-3-2-4-15(9-13)14-5-6-14/h2-4,9,14,16-17H,5-8,10-12H2,1H3. The first-order chi connectivity index (χ1) is 9.35. The molecule has 1 saturated heterocycles. The highest BCUT2D eigenvalue weighted by Gasteiger charge is 2.24. The number of hydrogen-bond acceptors (Lipinski definition) is 3. The van der Waals surface area contributed by atoms with Gasteiger partial charge in [-0.15, -0.1) is 0 Å². The molecule has 3 nitrogen and oxygen atoms in total. The number of morpholine rings is 1. The van der Waals surface area contributed by atoms with E-state index in [0.29, 0.717) is 6.10 Å². The molecule has 1 N–H and O–H groups in total. The third-order valence-electron chi connectivity index (χ3n) is 4.06. The summed E-state index contributed by atoms with van der Waals surface area (Å²) in [6.07, 6.45) is 3.10. The number of rotatable bonds is 5. The third kappa shape index (κ3) is 3.56. The average Bonchev–Trinajstić information content (AvgIpc) is 3.24. The van der Waals surface area contributed by atoms with Crippen molar-refractivity contribution in [3.8, 4) is 0 Å². The summed E-state index contributed by atoms with van der Waals surface area (Å²) in [6, 6.07) is 9.16. The number of hydrogen-bond donors (Lipinski definition) is 1. The molecule has 1 aromatic carbocycles. The smallest absolute Gasteiger partial charge is 0.0826 e. The molecule has 1 atom stereocenters. The first-order valence-electron chi connectivity index (χ1n) is 7.42. The zero-order valence-electron chi connectivity index (χ0n) is 11.8. The second-order valence-electron chi connectivity index (χ2n) is 5.80. The molecule has 0 spiro atoms. The molecule has 3 heteroatoms. The van der Waals surface area contributed by atoms with E-state index in [4.69, 9.17) is 4.74 Å². The van der Waals surface area contributed by atoms with E-state index in [0.717, 1.165) is 38.7 Å². The fourth-order valence-electron chi connectivity index (χ4n) is 2.90. The van der Waals surface area contributed by atoms with Crippen LogP contribution in [0.1, 0.15) is 29.9 Å². The van der Waals surface area contributed by atoms with E-state index in [-0.39, 0.29) is 0 Å². The molecule has 1 aliphatic carbocycles. The minimum Gasteiger partial charge on any atom is -0.374 e. The molecular formula is C16H24N2O. The van der Waals surface area contributed by atoms with Gasteiger partial charge in [0.15, 0.2) is 0 Å². The fourth-order valence-corrected chi connectivity index (χ4v) is 2.90. The van der Waals surface area contributed by atoms with Gasteiger partial charge in [-0.2, -0.15) is 0 Å². The van der Waals surface area contributed by atoms with Crippen molar-refractivity contribution in [2.24, 2.45) is 0 Å². The van der Waals surface area contributed by atoms with Crippen LogP contribution in [0.25, 0.3) is 0 Å². The summed E-state index contributed by atoms with van der Waals surface area (Å²) in [5.74, 6) is 0.849. The fraction of sp³-hybridized carbons (Fsp3) is 0.625. The molecule has 2 fully saturated rings. The maximum absolute atomic E-state index is 5.75. The molecule has 0 aromatic heterocycles. The van der Waals surface area contributed by atoms with Crippen molar-refractivity contribution in [1.29, 1.82) is 0 Å². The van der Waals surface area contributed by atoms with Crippen molar-refractivity contribution in [1.82, 2.24) is 10.2 Å². The molecule has 104 valence electrons. The first-order valence-corrected chi connectivity index (χ1v) is 7.42. The number of ether oxygens (including phenoxy) is 1. The van der Waals surface area contributed by atoms with Crippen LogP contribution in [0.15, 0.2) is 24.3 Å². The Hall–Kier alpha value is -0.900. The summed E-state index contributed by atoms with van der Waals surface area (Å²) in [6.45, 7) is 4.94. The molecule has 0 radical (unpaired) electrons. The molecule has 2 aliphatic rings. The van der Waals surface area contributed by atoms with Crippen LogP contribution in [0.5, 0.6) is 0 Å². The maximum atomic E-state index is 5.75. The average molecular weight is 260 g/mol. The quantitative estimate of drug-likeness (QED) is 0.876. The topological polar surface area (TPSA) is 24.5 Å². The van der Waals surface area contributed by atoms with E-state index < -0.39 is 0 Å². The molecule has 3 rings (SSSR count). The van der Waals surface area contributed by atoms with Gasteiger partial charge in [0.05, 0.1) is 12.7 Å². The van der Waals surface area contributed by atoms with E-state index in [1.165, 1.54) is 24.0 Å². The van der Waals surface area contributed by atoms with Crippen LogP contribution in [-0.4, -0.2) is 44.3 Å².